The summed E-state index contributed by atoms with van der Waals surface area (Å²) in [5.41, 5.74) is 5.61. The second kappa shape index (κ2) is 5.04. The molecule has 1 atom stereocenters. The Morgan fingerprint density at radius 1 is 1.54 bits per heavy atom. The molecule has 0 aliphatic heterocycles. The van der Waals surface area contributed by atoms with Crippen LogP contribution < -0.4 is 5.73 Å². The second-order valence-electron chi connectivity index (χ2n) is 2.69. The van der Waals surface area contributed by atoms with Gasteiger partial charge in [-0.25, -0.2) is 9.97 Å². The highest BCUT2D eigenvalue weighted by Crippen LogP contribution is 2.25. The number of rotatable bonds is 4. The summed E-state index contributed by atoms with van der Waals surface area (Å²) >= 11 is 1.54. The smallest absolute Gasteiger partial charge is 0.156 e. The fourth-order valence-electron chi connectivity index (χ4n) is 0.858. The number of aromatic nitrogens is 2. The minimum Gasteiger partial charge on any atom is -0.396 e. The minimum atomic E-state index is 0.189. The number of nitrogens with two attached hydrogens (primary N) is 1. The van der Waals surface area contributed by atoms with E-state index in [4.69, 9.17) is 10.8 Å². The SMILES string of the molecule is CC(CCO)Sc1nccnc1N. The normalized spacial score (nSPS) is 12.8. The third-order valence-corrected chi connectivity index (χ3v) is 2.72. The first-order chi connectivity index (χ1) is 6.24. The van der Waals surface area contributed by atoms with E-state index in [9.17, 15) is 0 Å². The summed E-state index contributed by atoms with van der Waals surface area (Å²) in [4.78, 5) is 8.02. The van der Waals surface area contributed by atoms with Crippen molar-refractivity contribution >= 4 is 17.6 Å². The van der Waals surface area contributed by atoms with E-state index in [0.717, 1.165) is 11.4 Å². The fraction of sp³-hybridized carbons (Fsp3) is 0.500. The van der Waals surface area contributed by atoms with Crippen molar-refractivity contribution in [3.8, 4) is 0 Å². The Bertz CT molecular complexity index is 269. The Hall–Kier alpha value is -0.810. The van der Waals surface area contributed by atoms with Crippen LogP contribution in [0.1, 0.15) is 13.3 Å². The van der Waals surface area contributed by atoms with Crippen LogP contribution in [0.5, 0.6) is 0 Å². The molecule has 13 heavy (non-hydrogen) atoms. The van der Waals surface area contributed by atoms with E-state index in [2.05, 4.69) is 9.97 Å². The van der Waals surface area contributed by atoms with E-state index >= 15 is 0 Å². The molecule has 0 aliphatic rings. The zero-order valence-electron chi connectivity index (χ0n) is 7.47. The molecule has 1 aromatic heterocycles. The molecule has 1 unspecified atom stereocenters. The molecule has 0 aliphatic carbocycles. The summed E-state index contributed by atoms with van der Waals surface area (Å²) in [6.45, 7) is 2.21. The molecule has 0 saturated carbocycles. The summed E-state index contributed by atoms with van der Waals surface area (Å²) < 4.78 is 0. The van der Waals surface area contributed by atoms with Crippen LogP contribution in [0.4, 0.5) is 5.82 Å². The van der Waals surface area contributed by atoms with Crippen molar-refractivity contribution in [2.75, 3.05) is 12.3 Å². The van der Waals surface area contributed by atoms with Gasteiger partial charge in [-0.15, -0.1) is 0 Å². The second-order valence-corrected chi connectivity index (χ2v) is 4.11. The van der Waals surface area contributed by atoms with E-state index in [1.54, 1.807) is 12.4 Å². The van der Waals surface area contributed by atoms with Crippen LogP contribution >= 0.6 is 11.8 Å². The summed E-state index contributed by atoms with van der Waals surface area (Å²) in [5, 5.41) is 9.75. The average molecular weight is 199 g/mol. The average Bonchev–Trinajstić information content (AvgIpc) is 2.09. The first kappa shape index (κ1) is 10.3. The van der Waals surface area contributed by atoms with Gasteiger partial charge in [0.2, 0.25) is 0 Å². The molecule has 0 bridgehead atoms. The van der Waals surface area contributed by atoms with E-state index < -0.39 is 0 Å². The maximum Gasteiger partial charge on any atom is 0.156 e. The number of hydrogen-bond donors (Lipinski definition) is 2. The molecule has 0 aromatic carbocycles. The van der Waals surface area contributed by atoms with Gasteiger partial charge >= 0.3 is 0 Å². The Balaban J connectivity index is 2.58. The van der Waals surface area contributed by atoms with Gasteiger partial charge in [0.25, 0.3) is 0 Å². The lowest BCUT2D eigenvalue weighted by atomic mass is 10.3. The Morgan fingerprint density at radius 2 is 2.23 bits per heavy atom. The first-order valence-corrected chi connectivity index (χ1v) is 4.96. The molecule has 72 valence electrons. The highest BCUT2D eigenvalue weighted by Gasteiger charge is 2.07. The molecular weight excluding hydrogens is 186 g/mol. The van der Waals surface area contributed by atoms with Gasteiger partial charge in [0, 0.05) is 24.3 Å². The van der Waals surface area contributed by atoms with Crippen molar-refractivity contribution in [1.82, 2.24) is 9.97 Å². The molecule has 0 radical (unpaired) electrons. The monoisotopic (exact) mass is 199 g/mol. The van der Waals surface area contributed by atoms with Gasteiger partial charge < -0.3 is 10.8 Å². The van der Waals surface area contributed by atoms with Gasteiger partial charge in [-0.3, -0.25) is 0 Å². The molecule has 1 rings (SSSR count). The van der Waals surface area contributed by atoms with E-state index in [-0.39, 0.29) is 6.61 Å². The highest BCUT2D eigenvalue weighted by molar-refractivity contribution is 8.00. The van der Waals surface area contributed by atoms with Crippen molar-refractivity contribution in [2.45, 2.75) is 23.6 Å². The van der Waals surface area contributed by atoms with Gasteiger partial charge in [-0.1, -0.05) is 18.7 Å². The van der Waals surface area contributed by atoms with Crippen LogP contribution in [0.2, 0.25) is 0 Å². The number of hydrogen-bond acceptors (Lipinski definition) is 5. The standard InChI is InChI=1S/C8H13N3OS/c1-6(2-5-12)13-8-7(9)10-3-4-11-8/h3-4,6,12H,2,5H2,1H3,(H2,9,10). The lowest BCUT2D eigenvalue weighted by molar-refractivity contribution is 0.289. The Morgan fingerprint density at radius 3 is 2.85 bits per heavy atom. The van der Waals surface area contributed by atoms with Crippen LogP contribution in [0.3, 0.4) is 0 Å². The Labute approximate surface area is 81.6 Å². The molecule has 1 aromatic rings. The molecule has 5 heteroatoms. The minimum absolute atomic E-state index is 0.189. The molecule has 0 amide bonds. The predicted molar refractivity (Wildman–Crippen MR) is 53.5 cm³/mol. The molecule has 0 fully saturated rings. The van der Waals surface area contributed by atoms with Crippen LogP contribution in [-0.2, 0) is 0 Å². The molecule has 4 nitrogen and oxygen atoms in total. The van der Waals surface area contributed by atoms with Gasteiger partial charge in [0.15, 0.2) is 5.82 Å². The summed E-state index contributed by atoms with van der Waals surface area (Å²) in [7, 11) is 0. The third-order valence-electron chi connectivity index (χ3n) is 1.54. The number of anilines is 1. The summed E-state index contributed by atoms with van der Waals surface area (Å²) in [6, 6.07) is 0. The molecular formula is C8H13N3OS. The third kappa shape index (κ3) is 3.20. The van der Waals surface area contributed by atoms with Crippen molar-refractivity contribution in [3.63, 3.8) is 0 Å². The highest BCUT2D eigenvalue weighted by atomic mass is 32.2. The number of thioether (sulfide) groups is 1. The summed E-state index contributed by atoms with van der Waals surface area (Å²) in [5.74, 6) is 0.456. The van der Waals surface area contributed by atoms with E-state index in [1.165, 1.54) is 11.8 Å². The number of nitrogen functional groups attached to an aromatic ring is 1. The quantitative estimate of drug-likeness (QED) is 0.705. The topological polar surface area (TPSA) is 72.0 Å². The van der Waals surface area contributed by atoms with Crippen LogP contribution in [0, 0.1) is 0 Å². The van der Waals surface area contributed by atoms with Crippen molar-refractivity contribution < 1.29 is 5.11 Å². The Kier molecular flexibility index (Phi) is 3.98. The van der Waals surface area contributed by atoms with Crippen LogP contribution in [0.25, 0.3) is 0 Å². The van der Waals surface area contributed by atoms with Crippen LogP contribution in [-0.4, -0.2) is 26.9 Å². The van der Waals surface area contributed by atoms with Crippen LogP contribution in [0.15, 0.2) is 17.4 Å². The van der Waals surface area contributed by atoms with E-state index in [0.29, 0.717) is 11.1 Å². The fourth-order valence-corrected chi connectivity index (χ4v) is 1.76. The largest absolute Gasteiger partial charge is 0.396 e. The zero-order chi connectivity index (χ0) is 9.68. The van der Waals surface area contributed by atoms with Crippen molar-refractivity contribution in [2.24, 2.45) is 0 Å². The first-order valence-electron chi connectivity index (χ1n) is 4.08. The lowest BCUT2D eigenvalue weighted by Crippen LogP contribution is -2.02. The molecule has 0 spiro atoms. The number of nitrogens with zero attached hydrogens (tertiary/aromatic N) is 2. The van der Waals surface area contributed by atoms with Gasteiger partial charge in [0.05, 0.1) is 0 Å². The molecule has 1 heterocycles. The van der Waals surface area contributed by atoms with Crippen molar-refractivity contribution in [1.29, 1.82) is 0 Å². The maximum absolute atomic E-state index is 8.70. The lowest BCUT2D eigenvalue weighted by Gasteiger charge is -2.08. The zero-order valence-corrected chi connectivity index (χ0v) is 8.29. The molecule has 0 saturated heterocycles. The maximum atomic E-state index is 8.70. The van der Waals surface area contributed by atoms with E-state index in [1.807, 2.05) is 6.92 Å². The van der Waals surface area contributed by atoms with Gasteiger partial charge in [-0.2, -0.15) is 0 Å². The van der Waals surface area contributed by atoms with Crippen molar-refractivity contribution in [3.05, 3.63) is 12.4 Å². The van der Waals surface area contributed by atoms with Gasteiger partial charge in [-0.05, 0) is 6.42 Å². The molecule has 3 N–H and O–H groups in total. The summed E-state index contributed by atoms with van der Waals surface area (Å²) in [6.07, 6.45) is 3.92. The number of aliphatic hydroxyl groups is 1. The predicted octanol–water partition coefficient (Wildman–Crippen LogP) is 0.922. The number of aliphatic hydroxyl groups excluding tert-OH is 1. The van der Waals surface area contributed by atoms with Gasteiger partial charge in [0.1, 0.15) is 5.03 Å².